The zero-order valence-corrected chi connectivity index (χ0v) is 13.9. The molecule has 1 aromatic rings. The van der Waals surface area contributed by atoms with Gasteiger partial charge in [0.05, 0.1) is 32.0 Å². The molecule has 0 amide bonds. The molecule has 1 saturated heterocycles. The van der Waals surface area contributed by atoms with Gasteiger partial charge in [0.1, 0.15) is 5.82 Å². The predicted molar refractivity (Wildman–Crippen MR) is 85.3 cm³/mol. The summed E-state index contributed by atoms with van der Waals surface area (Å²) in [6.45, 7) is 5.22. The molecule has 1 fully saturated rings. The zero-order valence-electron chi connectivity index (χ0n) is 13.9. The summed E-state index contributed by atoms with van der Waals surface area (Å²) in [5, 5.41) is 18.0. The topological polar surface area (TPSA) is 81.4 Å². The van der Waals surface area contributed by atoms with Gasteiger partial charge in [0, 0.05) is 32.0 Å². The van der Waals surface area contributed by atoms with Gasteiger partial charge in [0.15, 0.2) is 5.82 Å². The quantitative estimate of drug-likeness (QED) is 0.716. The maximum atomic E-state index is 10.0. The highest BCUT2D eigenvalue weighted by Gasteiger charge is 2.22. The van der Waals surface area contributed by atoms with Gasteiger partial charge in [-0.15, -0.1) is 0 Å². The molecule has 0 radical (unpaired) electrons. The van der Waals surface area contributed by atoms with Gasteiger partial charge in [-0.1, -0.05) is 6.92 Å². The van der Waals surface area contributed by atoms with Crippen molar-refractivity contribution in [1.82, 2.24) is 20.1 Å². The zero-order chi connectivity index (χ0) is 16.1. The molecule has 23 heavy (non-hydrogen) atoms. The molecule has 0 spiro atoms. The lowest BCUT2D eigenvalue weighted by Crippen LogP contribution is -2.42. The van der Waals surface area contributed by atoms with E-state index in [2.05, 4.69) is 22.3 Å². The molecule has 7 nitrogen and oxygen atoms in total. The van der Waals surface area contributed by atoms with Crippen LogP contribution in [0.2, 0.25) is 0 Å². The Balaban J connectivity index is 1.33. The summed E-state index contributed by atoms with van der Waals surface area (Å²) in [7, 11) is 0. The van der Waals surface area contributed by atoms with Crippen LogP contribution in [0.15, 0.2) is 0 Å². The second-order valence-electron chi connectivity index (χ2n) is 6.45. The molecule has 2 aliphatic heterocycles. The van der Waals surface area contributed by atoms with E-state index in [1.54, 1.807) is 0 Å². The Labute approximate surface area is 137 Å². The smallest absolute Gasteiger partial charge is 0.150 e. The summed E-state index contributed by atoms with van der Waals surface area (Å²) < 4.78 is 13.0. The molecule has 0 unspecified atom stereocenters. The van der Waals surface area contributed by atoms with E-state index in [9.17, 15) is 5.11 Å². The molecular weight excluding hydrogens is 296 g/mol. The summed E-state index contributed by atoms with van der Waals surface area (Å²) in [4.78, 5) is 4.52. The molecule has 0 saturated carbocycles. The molecule has 2 N–H and O–H groups in total. The number of ether oxygens (including phenoxy) is 2. The minimum Gasteiger partial charge on any atom is -0.389 e. The van der Waals surface area contributed by atoms with Gasteiger partial charge in [-0.2, -0.15) is 5.10 Å². The van der Waals surface area contributed by atoms with E-state index in [1.807, 2.05) is 4.68 Å². The lowest BCUT2D eigenvalue weighted by Gasteiger charge is -2.25. The van der Waals surface area contributed by atoms with E-state index < -0.39 is 6.10 Å². The molecule has 3 heterocycles. The van der Waals surface area contributed by atoms with Crippen molar-refractivity contribution >= 4 is 0 Å². The lowest BCUT2D eigenvalue weighted by molar-refractivity contribution is -0.0171. The van der Waals surface area contributed by atoms with Crippen LogP contribution in [-0.2, 0) is 28.9 Å². The standard InChI is InChI=1S/C16H28N4O3/c1-2-15-18-16-6-5-12(9-20(16)19-15)17-8-13(21)10-22-11-14-4-3-7-23-14/h12-14,17,21H,2-11H2,1H3/t12-,13+,14-/m1/s1. The Kier molecular flexibility index (Phi) is 5.99. The van der Waals surface area contributed by atoms with E-state index >= 15 is 0 Å². The van der Waals surface area contributed by atoms with Crippen molar-refractivity contribution in [1.29, 1.82) is 0 Å². The SMILES string of the molecule is CCc1nc2n(n1)C[C@H](NC[C@H](O)COC[C@H]1CCCO1)CC2. The highest BCUT2D eigenvalue weighted by Crippen LogP contribution is 2.14. The monoisotopic (exact) mass is 324 g/mol. The predicted octanol–water partition coefficient (Wildman–Crippen LogP) is 0.301. The van der Waals surface area contributed by atoms with Crippen molar-refractivity contribution in [2.75, 3.05) is 26.4 Å². The molecule has 3 rings (SSSR count). The van der Waals surface area contributed by atoms with Gasteiger partial charge in [-0.05, 0) is 19.3 Å². The first-order chi connectivity index (χ1) is 11.2. The van der Waals surface area contributed by atoms with Gasteiger partial charge >= 0.3 is 0 Å². The van der Waals surface area contributed by atoms with Gasteiger partial charge in [-0.25, -0.2) is 9.67 Å². The highest BCUT2D eigenvalue weighted by atomic mass is 16.5. The normalized spacial score (nSPS) is 25.5. The number of nitrogens with zero attached hydrogens (tertiary/aromatic N) is 3. The molecule has 0 bridgehead atoms. The van der Waals surface area contributed by atoms with Crippen molar-refractivity contribution in [3.8, 4) is 0 Å². The molecule has 1 aromatic heterocycles. The fourth-order valence-electron chi connectivity index (χ4n) is 3.15. The Morgan fingerprint density at radius 2 is 2.39 bits per heavy atom. The molecule has 130 valence electrons. The van der Waals surface area contributed by atoms with Crippen LogP contribution in [0.5, 0.6) is 0 Å². The lowest BCUT2D eigenvalue weighted by atomic mass is 10.1. The van der Waals surface area contributed by atoms with E-state index in [1.165, 1.54) is 0 Å². The minimum atomic E-state index is -0.486. The van der Waals surface area contributed by atoms with E-state index in [-0.39, 0.29) is 6.10 Å². The van der Waals surface area contributed by atoms with Crippen LogP contribution < -0.4 is 5.32 Å². The Morgan fingerprint density at radius 3 is 3.17 bits per heavy atom. The van der Waals surface area contributed by atoms with Gasteiger partial charge in [0.25, 0.3) is 0 Å². The van der Waals surface area contributed by atoms with E-state index in [4.69, 9.17) is 9.47 Å². The van der Waals surface area contributed by atoms with Crippen LogP contribution in [0.1, 0.15) is 37.8 Å². The first-order valence-electron chi connectivity index (χ1n) is 8.78. The molecular formula is C16H28N4O3. The van der Waals surface area contributed by atoms with E-state index in [0.717, 1.165) is 56.9 Å². The van der Waals surface area contributed by atoms with Crippen LogP contribution >= 0.6 is 0 Å². The Hall–Kier alpha value is -1.02. The van der Waals surface area contributed by atoms with Crippen LogP contribution in [0, 0.1) is 0 Å². The number of aryl methyl sites for hydroxylation is 2. The number of hydrogen-bond acceptors (Lipinski definition) is 6. The second kappa shape index (κ2) is 8.19. The number of aliphatic hydroxyl groups is 1. The first kappa shape index (κ1) is 16.8. The van der Waals surface area contributed by atoms with Crippen LogP contribution in [0.3, 0.4) is 0 Å². The number of rotatable bonds is 8. The fourth-order valence-corrected chi connectivity index (χ4v) is 3.15. The first-order valence-corrected chi connectivity index (χ1v) is 8.78. The largest absolute Gasteiger partial charge is 0.389 e. The summed E-state index contributed by atoms with van der Waals surface area (Å²) in [6, 6.07) is 0.335. The molecule has 2 aliphatic rings. The minimum absolute atomic E-state index is 0.215. The molecule has 3 atom stereocenters. The van der Waals surface area contributed by atoms with Crippen LogP contribution in [-0.4, -0.2) is 64.5 Å². The van der Waals surface area contributed by atoms with Gasteiger partial charge in [0.2, 0.25) is 0 Å². The number of aromatic nitrogens is 3. The molecule has 7 heteroatoms. The van der Waals surface area contributed by atoms with Gasteiger partial charge in [-0.3, -0.25) is 0 Å². The number of hydrogen-bond donors (Lipinski definition) is 2. The average Bonchev–Trinajstić information content (AvgIpc) is 3.21. The summed E-state index contributed by atoms with van der Waals surface area (Å²) in [5.74, 6) is 2.00. The summed E-state index contributed by atoms with van der Waals surface area (Å²) in [6.07, 6.45) is 4.76. The summed E-state index contributed by atoms with van der Waals surface area (Å²) >= 11 is 0. The van der Waals surface area contributed by atoms with Crippen molar-refractivity contribution in [2.45, 2.75) is 63.8 Å². The van der Waals surface area contributed by atoms with Gasteiger partial charge < -0.3 is 19.9 Å². The highest BCUT2D eigenvalue weighted by molar-refractivity contribution is 4.98. The third-order valence-corrected chi connectivity index (χ3v) is 4.50. The van der Waals surface area contributed by atoms with Crippen molar-refractivity contribution in [3.63, 3.8) is 0 Å². The van der Waals surface area contributed by atoms with Crippen LogP contribution in [0.4, 0.5) is 0 Å². The Bertz CT molecular complexity index is 488. The Morgan fingerprint density at radius 1 is 1.48 bits per heavy atom. The number of aliphatic hydroxyl groups excluding tert-OH is 1. The second-order valence-corrected chi connectivity index (χ2v) is 6.45. The van der Waals surface area contributed by atoms with E-state index in [0.29, 0.717) is 25.8 Å². The third kappa shape index (κ3) is 4.73. The maximum absolute atomic E-state index is 10.0. The summed E-state index contributed by atoms with van der Waals surface area (Å²) in [5.41, 5.74) is 0. The van der Waals surface area contributed by atoms with Crippen molar-refractivity contribution < 1.29 is 14.6 Å². The van der Waals surface area contributed by atoms with Crippen molar-refractivity contribution in [2.24, 2.45) is 0 Å². The number of fused-ring (bicyclic) bond motifs is 1. The van der Waals surface area contributed by atoms with Crippen LogP contribution in [0.25, 0.3) is 0 Å². The van der Waals surface area contributed by atoms with Crippen molar-refractivity contribution in [3.05, 3.63) is 11.6 Å². The average molecular weight is 324 g/mol. The maximum Gasteiger partial charge on any atom is 0.150 e. The fraction of sp³-hybridized carbons (Fsp3) is 0.875. The molecule has 0 aromatic carbocycles. The number of nitrogens with one attached hydrogen (secondary N) is 1. The molecule has 0 aliphatic carbocycles. The third-order valence-electron chi connectivity index (χ3n) is 4.50.